The average molecular weight is 359 g/mol. The Hall–Kier alpha value is -2.12. The molecular formula is C18H21N3O3S. The van der Waals surface area contributed by atoms with E-state index < -0.39 is 0 Å². The second-order valence-electron chi connectivity index (χ2n) is 6.46. The fourth-order valence-corrected chi connectivity index (χ4v) is 4.28. The van der Waals surface area contributed by atoms with Crippen LogP contribution in [0.5, 0.6) is 11.5 Å². The van der Waals surface area contributed by atoms with Crippen molar-refractivity contribution < 1.29 is 14.3 Å². The van der Waals surface area contributed by atoms with Crippen molar-refractivity contribution in [1.29, 1.82) is 0 Å². The molecule has 0 spiro atoms. The van der Waals surface area contributed by atoms with Gasteiger partial charge in [0.05, 0.1) is 6.20 Å². The molecule has 2 aliphatic rings. The second kappa shape index (κ2) is 7.01. The van der Waals surface area contributed by atoms with E-state index >= 15 is 0 Å². The molecule has 1 aliphatic carbocycles. The van der Waals surface area contributed by atoms with Crippen molar-refractivity contribution >= 4 is 17.2 Å². The molecule has 132 valence electrons. The Morgan fingerprint density at radius 2 is 2.12 bits per heavy atom. The van der Waals surface area contributed by atoms with E-state index in [1.807, 2.05) is 18.2 Å². The van der Waals surface area contributed by atoms with Crippen LogP contribution in [0.25, 0.3) is 10.6 Å². The van der Waals surface area contributed by atoms with Crippen LogP contribution in [0.2, 0.25) is 0 Å². The topological polar surface area (TPSA) is 86.5 Å². The number of nitrogens with one attached hydrogen (secondary N) is 1. The van der Waals surface area contributed by atoms with Crippen LogP contribution in [0.15, 0.2) is 24.4 Å². The zero-order valence-corrected chi connectivity index (χ0v) is 14.7. The third kappa shape index (κ3) is 3.34. The van der Waals surface area contributed by atoms with Gasteiger partial charge in [0, 0.05) is 11.6 Å². The lowest BCUT2D eigenvalue weighted by Gasteiger charge is -2.31. The summed E-state index contributed by atoms with van der Waals surface area (Å²) < 4.78 is 10.7. The summed E-state index contributed by atoms with van der Waals surface area (Å²) in [5.74, 6) is 1.77. The van der Waals surface area contributed by atoms with Gasteiger partial charge in [0.15, 0.2) is 11.5 Å². The number of nitrogens with two attached hydrogens (primary N) is 1. The van der Waals surface area contributed by atoms with Crippen LogP contribution in [0.4, 0.5) is 0 Å². The Kier molecular flexibility index (Phi) is 4.59. The van der Waals surface area contributed by atoms with Crippen molar-refractivity contribution in [2.24, 2.45) is 11.7 Å². The van der Waals surface area contributed by atoms with Gasteiger partial charge in [0.1, 0.15) is 9.88 Å². The minimum absolute atomic E-state index is 0.0603. The van der Waals surface area contributed by atoms with Gasteiger partial charge in [0.2, 0.25) is 6.79 Å². The van der Waals surface area contributed by atoms with Gasteiger partial charge in [-0.2, -0.15) is 0 Å². The first-order valence-electron chi connectivity index (χ1n) is 8.61. The molecule has 1 amide bonds. The lowest BCUT2D eigenvalue weighted by molar-refractivity contribution is 0.0912. The van der Waals surface area contributed by atoms with Crippen LogP contribution >= 0.6 is 11.3 Å². The SMILES string of the molecule is NCC1CCCCC1NC(=O)c1cnc(-c2ccc3c(c2)OCO3)s1. The largest absolute Gasteiger partial charge is 0.454 e. The minimum atomic E-state index is -0.0603. The van der Waals surface area contributed by atoms with Crippen molar-refractivity contribution in [2.75, 3.05) is 13.3 Å². The lowest BCUT2D eigenvalue weighted by Crippen LogP contribution is -2.44. The average Bonchev–Trinajstić information content (AvgIpc) is 3.30. The Morgan fingerprint density at radius 1 is 1.28 bits per heavy atom. The van der Waals surface area contributed by atoms with Crippen LogP contribution in [0.1, 0.15) is 35.4 Å². The van der Waals surface area contributed by atoms with E-state index in [1.165, 1.54) is 17.8 Å². The number of nitrogens with zero attached hydrogens (tertiary/aromatic N) is 1. The van der Waals surface area contributed by atoms with Crippen LogP contribution in [0.3, 0.4) is 0 Å². The molecule has 0 saturated heterocycles. The van der Waals surface area contributed by atoms with E-state index in [-0.39, 0.29) is 18.7 Å². The number of rotatable bonds is 4. The highest BCUT2D eigenvalue weighted by atomic mass is 32.1. The Labute approximate surface area is 150 Å². The summed E-state index contributed by atoms with van der Waals surface area (Å²) in [6, 6.07) is 5.86. The zero-order chi connectivity index (χ0) is 17.2. The van der Waals surface area contributed by atoms with Gasteiger partial charge in [-0.25, -0.2) is 4.98 Å². The molecule has 3 N–H and O–H groups in total. The zero-order valence-electron chi connectivity index (χ0n) is 13.9. The number of fused-ring (bicyclic) bond motifs is 1. The van der Waals surface area contributed by atoms with E-state index in [0.717, 1.165) is 35.6 Å². The smallest absolute Gasteiger partial charge is 0.263 e. The highest BCUT2D eigenvalue weighted by molar-refractivity contribution is 7.16. The number of amides is 1. The molecule has 6 nitrogen and oxygen atoms in total. The van der Waals surface area contributed by atoms with Gasteiger partial charge in [0.25, 0.3) is 5.91 Å². The number of hydrogen-bond acceptors (Lipinski definition) is 6. The van der Waals surface area contributed by atoms with E-state index in [9.17, 15) is 4.79 Å². The first-order chi connectivity index (χ1) is 12.2. The number of ether oxygens (including phenoxy) is 2. The van der Waals surface area contributed by atoms with Gasteiger partial charge in [-0.15, -0.1) is 11.3 Å². The summed E-state index contributed by atoms with van der Waals surface area (Å²) in [4.78, 5) is 17.6. The number of benzene rings is 1. The second-order valence-corrected chi connectivity index (χ2v) is 7.49. The molecule has 4 rings (SSSR count). The molecule has 25 heavy (non-hydrogen) atoms. The first-order valence-corrected chi connectivity index (χ1v) is 9.43. The van der Waals surface area contributed by atoms with Crippen molar-refractivity contribution in [3.05, 3.63) is 29.3 Å². The number of carbonyl (C=O) groups excluding carboxylic acids is 1. The van der Waals surface area contributed by atoms with Crippen molar-refractivity contribution in [2.45, 2.75) is 31.7 Å². The van der Waals surface area contributed by atoms with Crippen molar-refractivity contribution in [3.8, 4) is 22.1 Å². The maximum Gasteiger partial charge on any atom is 0.263 e. The van der Waals surface area contributed by atoms with Crippen molar-refractivity contribution in [3.63, 3.8) is 0 Å². The van der Waals surface area contributed by atoms with Gasteiger partial charge in [-0.3, -0.25) is 4.79 Å². The fraction of sp³-hybridized carbons (Fsp3) is 0.444. The summed E-state index contributed by atoms with van der Waals surface area (Å²) in [6.45, 7) is 0.865. The highest BCUT2D eigenvalue weighted by Crippen LogP contribution is 2.37. The lowest BCUT2D eigenvalue weighted by atomic mass is 9.84. The predicted octanol–water partition coefficient (Wildman–Crippen LogP) is 2.79. The number of carbonyl (C=O) groups is 1. The summed E-state index contributed by atoms with van der Waals surface area (Å²) in [6.07, 6.45) is 6.07. The summed E-state index contributed by atoms with van der Waals surface area (Å²) in [7, 11) is 0. The molecule has 1 saturated carbocycles. The number of hydrogen-bond donors (Lipinski definition) is 2. The molecule has 7 heteroatoms. The van der Waals surface area contributed by atoms with Crippen molar-refractivity contribution in [1.82, 2.24) is 10.3 Å². The summed E-state index contributed by atoms with van der Waals surface area (Å²) in [5, 5.41) is 3.94. The van der Waals surface area contributed by atoms with Crippen LogP contribution in [0, 0.1) is 5.92 Å². The molecule has 2 heterocycles. The van der Waals surface area contributed by atoms with E-state index in [2.05, 4.69) is 10.3 Å². The number of aromatic nitrogens is 1. The molecular weight excluding hydrogens is 338 g/mol. The molecule has 1 fully saturated rings. The fourth-order valence-electron chi connectivity index (χ4n) is 3.46. The van der Waals surface area contributed by atoms with Gasteiger partial charge < -0.3 is 20.5 Å². The molecule has 0 bridgehead atoms. The molecule has 2 atom stereocenters. The summed E-state index contributed by atoms with van der Waals surface area (Å²) in [5.41, 5.74) is 6.77. The van der Waals surface area contributed by atoms with E-state index in [4.69, 9.17) is 15.2 Å². The Bertz CT molecular complexity index is 777. The maximum atomic E-state index is 12.6. The standard InChI is InChI=1S/C18H21N3O3S/c19-8-12-3-1-2-4-13(12)21-17(22)16-9-20-18(25-16)11-5-6-14-15(7-11)24-10-23-14/h5-7,9,12-13H,1-4,8,10,19H2,(H,21,22). The molecule has 1 aromatic heterocycles. The third-order valence-corrected chi connectivity index (χ3v) is 5.92. The number of thiazole rings is 1. The van der Waals surface area contributed by atoms with Crippen LogP contribution < -0.4 is 20.5 Å². The van der Waals surface area contributed by atoms with Gasteiger partial charge in [-0.1, -0.05) is 12.8 Å². The maximum absolute atomic E-state index is 12.6. The molecule has 1 aliphatic heterocycles. The monoisotopic (exact) mass is 359 g/mol. The Morgan fingerprint density at radius 3 is 3.00 bits per heavy atom. The van der Waals surface area contributed by atoms with E-state index in [0.29, 0.717) is 23.1 Å². The summed E-state index contributed by atoms with van der Waals surface area (Å²) >= 11 is 1.39. The normalized spacial score (nSPS) is 22.0. The van der Waals surface area contributed by atoms with Gasteiger partial charge in [-0.05, 0) is 43.5 Å². The molecule has 1 aromatic carbocycles. The molecule has 2 unspecified atom stereocenters. The van der Waals surface area contributed by atoms with Crippen LogP contribution in [-0.4, -0.2) is 30.3 Å². The highest BCUT2D eigenvalue weighted by Gasteiger charge is 2.26. The molecule has 2 aromatic rings. The quantitative estimate of drug-likeness (QED) is 0.877. The van der Waals surface area contributed by atoms with Gasteiger partial charge >= 0.3 is 0 Å². The third-order valence-electron chi connectivity index (χ3n) is 4.88. The predicted molar refractivity (Wildman–Crippen MR) is 95.9 cm³/mol. The first kappa shape index (κ1) is 16.4. The van der Waals surface area contributed by atoms with E-state index in [1.54, 1.807) is 6.20 Å². The minimum Gasteiger partial charge on any atom is -0.454 e. The Balaban J connectivity index is 1.48. The molecule has 0 radical (unpaired) electrons. The van der Waals surface area contributed by atoms with Crippen LogP contribution in [-0.2, 0) is 0 Å².